The Morgan fingerprint density at radius 2 is 2.08 bits per heavy atom. The zero-order valence-corrected chi connectivity index (χ0v) is 16.0. The first kappa shape index (κ1) is 17.4. The van der Waals surface area contributed by atoms with E-state index >= 15 is 0 Å². The van der Waals surface area contributed by atoms with E-state index in [0.717, 1.165) is 25.2 Å². The quantitative estimate of drug-likeness (QED) is 0.674. The van der Waals surface area contributed by atoms with Gasteiger partial charge in [-0.25, -0.2) is 12.4 Å². The highest BCUT2D eigenvalue weighted by Crippen LogP contribution is 2.33. The molecule has 0 amide bonds. The molecule has 0 saturated carbocycles. The summed E-state index contributed by atoms with van der Waals surface area (Å²) in [6.45, 7) is 4.05. The summed E-state index contributed by atoms with van der Waals surface area (Å²) in [5.74, 6) is 0.579. The monoisotopic (exact) mass is 389 g/mol. The number of piperidine rings is 1. The summed E-state index contributed by atoms with van der Waals surface area (Å²) < 4.78 is 27.8. The van der Waals surface area contributed by atoms with Gasteiger partial charge in [0.1, 0.15) is 5.52 Å². The van der Waals surface area contributed by atoms with Gasteiger partial charge in [-0.05, 0) is 49.1 Å². The Kier molecular flexibility index (Phi) is 4.40. The van der Waals surface area contributed by atoms with E-state index in [2.05, 4.69) is 16.8 Å². The number of benzene rings is 1. The van der Waals surface area contributed by atoms with Gasteiger partial charge in [0.15, 0.2) is 0 Å². The Bertz CT molecular complexity index is 1060. The van der Waals surface area contributed by atoms with Gasteiger partial charge in [-0.3, -0.25) is 4.98 Å². The smallest absolute Gasteiger partial charge is 0.268 e. The van der Waals surface area contributed by atoms with Crippen molar-refractivity contribution >= 4 is 38.3 Å². The van der Waals surface area contributed by atoms with Crippen LogP contribution in [-0.4, -0.2) is 30.5 Å². The average molecular weight is 390 g/mol. The topological polar surface area (TPSA) is 55.2 Å². The highest BCUT2D eigenvalue weighted by molar-refractivity contribution is 7.90. The van der Waals surface area contributed by atoms with Crippen molar-refractivity contribution in [2.24, 2.45) is 5.92 Å². The Labute approximate surface area is 158 Å². The average Bonchev–Trinajstić information content (AvgIpc) is 3.02. The molecule has 3 aromatic rings. The van der Waals surface area contributed by atoms with E-state index in [4.69, 9.17) is 11.6 Å². The molecule has 1 fully saturated rings. The van der Waals surface area contributed by atoms with Gasteiger partial charge in [0.25, 0.3) is 10.0 Å². The molecule has 0 radical (unpaired) electrons. The van der Waals surface area contributed by atoms with Crippen LogP contribution in [0.3, 0.4) is 0 Å². The third-order valence-corrected chi connectivity index (χ3v) is 6.76. The molecule has 1 aromatic carbocycles. The maximum Gasteiger partial charge on any atom is 0.268 e. The lowest BCUT2D eigenvalue weighted by molar-refractivity contribution is 0.447. The van der Waals surface area contributed by atoms with Crippen LogP contribution in [0.4, 0.5) is 5.69 Å². The summed E-state index contributed by atoms with van der Waals surface area (Å²) in [4.78, 5) is 6.89. The molecule has 5 nitrogen and oxygen atoms in total. The molecule has 26 heavy (non-hydrogen) atoms. The van der Waals surface area contributed by atoms with Gasteiger partial charge >= 0.3 is 0 Å². The number of nitrogens with zero attached hydrogens (tertiary/aromatic N) is 3. The molecule has 0 aliphatic carbocycles. The number of hydrogen-bond donors (Lipinski definition) is 0. The van der Waals surface area contributed by atoms with Crippen molar-refractivity contribution in [3.63, 3.8) is 0 Å². The molecule has 1 aliphatic rings. The zero-order chi connectivity index (χ0) is 18.3. The molecule has 0 N–H and O–H groups in total. The number of hydrogen-bond acceptors (Lipinski definition) is 4. The van der Waals surface area contributed by atoms with Crippen LogP contribution in [0.2, 0.25) is 5.02 Å². The minimum Gasteiger partial charge on any atom is -0.368 e. The lowest BCUT2D eigenvalue weighted by atomic mass is 10.00. The Balaban J connectivity index is 1.88. The van der Waals surface area contributed by atoms with Crippen molar-refractivity contribution in [3.05, 3.63) is 53.8 Å². The second kappa shape index (κ2) is 6.59. The van der Waals surface area contributed by atoms with E-state index in [0.29, 0.717) is 22.0 Å². The second-order valence-electron chi connectivity index (χ2n) is 6.84. The van der Waals surface area contributed by atoms with Crippen molar-refractivity contribution < 1.29 is 8.42 Å². The molecule has 1 saturated heterocycles. The number of fused-ring (bicyclic) bond motifs is 1. The number of pyridine rings is 1. The van der Waals surface area contributed by atoms with Crippen molar-refractivity contribution in [1.82, 2.24) is 8.96 Å². The van der Waals surface area contributed by atoms with E-state index in [9.17, 15) is 8.42 Å². The fourth-order valence-electron chi connectivity index (χ4n) is 3.59. The molecule has 136 valence electrons. The van der Waals surface area contributed by atoms with Crippen LogP contribution in [0, 0.1) is 5.92 Å². The molecule has 0 bridgehead atoms. The molecule has 1 aliphatic heterocycles. The number of halogens is 1. The molecule has 3 heterocycles. The summed E-state index contributed by atoms with van der Waals surface area (Å²) in [7, 11) is -3.75. The molecule has 7 heteroatoms. The Morgan fingerprint density at radius 3 is 2.85 bits per heavy atom. The van der Waals surface area contributed by atoms with Crippen molar-refractivity contribution in [2.75, 3.05) is 18.0 Å². The van der Waals surface area contributed by atoms with Crippen molar-refractivity contribution in [1.29, 1.82) is 0 Å². The first-order valence-corrected chi connectivity index (χ1v) is 10.5. The standard InChI is InChI=1S/C19H20ClN3O2S/c1-14-5-4-10-22(12-14)18-13-23(17-8-3-9-21-19(17)18)26(24,25)16-7-2-6-15(20)11-16/h2-3,6-9,11,13-14H,4-5,10,12H2,1H3/t14-/m0/s1. The van der Waals surface area contributed by atoms with Gasteiger partial charge in [-0.15, -0.1) is 0 Å². The van der Waals surface area contributed by atoms with Crippen LogP contribution < -0.4 is 4.90 Å². The van der Waals surface area contributed by atoms with Gasteiger partial charge < -0.3 is 4.90 Å². The van der Waals surface area contributed by atoms with Crippen LogP contribution in [-0.2, 0) is 10.0 Å². The first-order valence-electron chi connectivity index (χ1n) is 8.69. The van der Waals surface area contributed by atoms with E-state index in [1.54, 1.807) is 42.7 Å². The maximum atomic E-state index is 13.2. The molecule has 2 aromatic heterocycles. The van der Waals surface area contributed by atoms with Crippen molar-refractivity contribution in [3.8, 4) is 0 Å². The van der Waals surface area contributed by atoms with E-state index in [1.165, 1.54) is 16.5 Å². The summed E-state index contributed by atoms with van der Waals surface area (Å²) >= 11 is 6.01. The van der Waals surface area contributed by atoms with Crippen molar-refractivity contribution in [2.45, 2.75) is 24.7 Å². The van der Waals surface area contributed by atoms with E-state index < -0.39 is 10.0 Å². The van der Waals surface area contributed by atoms with Crippen LogP contribution >= 0.6 is 11.6 Å². The van der Waals surface area contributed by atoms with Crippen LogP contribution in [0.25, 0.3) is 11.0 Å². The molecular formula is C19H20ClN3O2S. The summed E-state index contributed by atoms with van der Waals surface area (Å²) in [5, 5.41) is 0.394. The lowest BCUT2D eigenvalue weighted by Gasteiger charge is -2.32. The minimum absolute atomic E-state index is 0.171. The van der Waals surface area contributed by atoms with Crippen LogP contribution in [0.1, 0.15) is 19.8 Å². The predicted octanol–water partition coefficient (Wildman–Crippen LogP) is 4.16. The summed E-state index contributed by atoms with van der Waals surface area (Å²) in [6, 6.07) is 9.90. The maximum absolute atomic E-state index is 13.2. The number of anilines is 1. The predicted molar refractivity (Wildman–Crippen MR) is 104 cm³/mol. The number of rotatable bonds is 3. The second-order valence-corrected chi connectivity index (χ2v) is 9.09. The van der Waals surface area contributed by atoms with Gasteiger partial charge in [0, 0.05) is 30.5 Å². The molecule has 1 atom stereocenters. The molecule has 0 spiro atoms. The van der Waals surface area contributed by atoms with E-state index in [-0.39, 0.29) is 4.90 Å². The zero-order valence-electron chi connectivity index (χ0n) is 14.5. The largest absolute Gasteiger partial charge is 0.368 e. The van der Waals surface area contributed by atoms with Gasteiger partial charge in [0.2, 0.25) is 0 Å². The third-order valence-electron chi connectivity index (χ3n) is 4.86. The molecule has 4 rings (SSSR count). The highest BCUT2D eigenvalue weighted by atomic mass is 35.5. The van der Waals surface area contributed by atoms with Crippen LogP contribution in [0.15, 0.2) is 53.7 Å². The van der Waals surface area contributed by atoms with Gasteiger partial charge in [-0.2, -0.15) is 0 Å². The first-order chi connectivity index (χ1) is 12.5. The number of aromatic nitrogens is 2. The normalized spacial score (nSPS) is 18.4. The fourth-order valence-corrected chi connectivity index (χ4v) is 5.25. The molecule has 0 unspecified atom stereocenters. The Morgan fingerprint density at radius 1 is 1.23 bits per heavy atom. The Hall–Kier alpha value is -2.05. The SMILES string of the molecule is C[C@H]1CCCN(c2cn(S(=O)(=O)c3cccc(Cl)c3)c3cccnc23)C1. The minimum atomic E-state index is -3.75. The van der Waals surface area contributed by atoms with Gasteiger partial charge in [-0.1, -0.05) is 24.6 Å². The lowest BCUT2D eigenvalue weighted by Crippen LogP contribution is -2.34. The van der Waals surface area contributed by atoms with E-state index in [1.807, 2.05) is 0 Å². The van der Waals surface area contributed by atoms with Gasteiger partial charge in [0.05, 0.1) is 16.1 Å². The molecular weight excluding hydrogens is 370 g/mol. The summed E-state index contributed by atoms with van der Waals surface area (Å²) in [5.41, 5.74) is 2.17. The summed E-state index contributed by atoms with van der Waals surface area (Å²) in [6.07, 6.45) is 5.70. The third kappa shape index (κ3) is 2.97. The fraction of sp³-hybridized carbons (Fsp3) is 0.316. The van der Waals surface area contributed by atoms with Crippen LogP contribution in [0.5, 0.6) is 0 Å². The highest BCUT2D eigenvalue weighted by Gasteiger charge is 2.26.